The molecule has 5 nitrogen and oxygen atoms in total. The highest BCUT2D eigenvalue weighted by Crippen LogP contribution is 2.30. The van der Waals surface area contributed by atoms with Gasteiger partial charge < -0.3 is 15.1 Å². The number of carbonyl (C=O) groups excluding carboxylic acids is 1. The number of carbonyl (C=O) groups is 1. The summed E-state index contributed by atoms with van der Waals surface area (Å²) in [4.78, 5) is 21.2. The van der Waals surface area contributed by atoms with Gasteiger partial charge in [-0.25, -0.2) is 9.78 Å². The fourth-order valence-corrected chi connectivity index (χ4v) is 3.99. The van der Waals surface area contributed by atoms with Crippen molar-refractivity contribution < 1.29 is 18.0 Å². The second-order valence-electron chi connectivity index (χ2n) is 6.92. The summed E-state index contributed by atoms with van der Waals surface area (Å²) in [5, 5.41) is 5.05. The number of urea groups is 1. The Bertz CT molecular complexity index is 771. The number of piperidine rings is 1. The van der Waals surface area contributed by atoms with E-state index in [0.717, 1.165) is 30.0 Å². The standard InChI is InChI=1S/C19H23F3N4OS/c1-13(16-4-3-11-28-16)25(2)18(27)24-15-7-9-26(10-8-15)17-6-5-14(12-23-17)19(20,21)22/h3-6,11-13,15H,7-10H2,1-2H3,(H,24,27). The quantitative estimate of drug-likeness (QED) is 0.803. The van der Waals surface area contributed by atoms with Gasteiger partial charge in [-0.3, -0.25) is 0 Å². The molecule has 1 aliphatic heterocycles. The first-order valence-corrected chi connectivity index (χ1v) is 9.98. The highest BCUT2D eigenvalue weighted by molar-refractivity contribution is 7.10. The number of anilines is 1. The van der Waals surface area contributed by atoms with E-state index in [1.165, 1.54) is 6.07 Å². The van der Waals surface area contributed by atoms with Crippen LogP contribution in [-0.2, 0) is 6.18 Å². The van der Waals surface area contributed by atoms with E-state index >= 15 is 0 Å². The first-order valence-electron chi connectivity index (χ1n) is 9.10. The fourth-order valence-electron chi connectivity index (χ4n) is 3.17. The van der Waals surface area contributed by atoms with Crippen LogP contribution in [0.4, 0.5) is 23.8 Å². The lowest BCUT2D eigenvalue weighted by Crippen LogP contribution is -2.48. The van der Waals surface area contributed by atoms with Gasteiger partial charge in [0.15, 0.2) is 0 Å². The van der Waals surface area contributed by atoms with Crippen LogP contribution >= 0.6 is 11.3 Å². The third kappa shape index (κ3) is 4.76. The number of aromatic nitrogens is 1. The van der Waals surface area contributed by atoms with E-state index in [1.807, 2.05) is 29.3 Å². The molecule has 0 radical (unpaired) electrons. The van der Waals surface area contributed by atoms with E-state index in [9.17, 15) is 18.0 Å². The number of hydrogen-bond donors (Lipinski definition) is 1. The molecule has 2 aromatic rings. The zero-order valence-electron chi connectivity index (χ0n) is 15.7. The number of thiophene rings is 1. The molecule has 1 N–H and O–H groups in total. The van der Waals surface area contributed by atoms with Crippen molar-refractivity contribution in [3.63, 3.8) is 0 Å². The van der Waals surface area contributed by atoms with Crippen molar-refractivity contribution in [3.05, 3.63) is 46.3 Å². The number of amides is 2. The van der Waals surface area contributed by atoms with Gasteiger partial charge in [0.25, 0.3) is 0 Å². The first kappa shape index (κ1) is 20.4. The van der Waals surface area contributed by atoms with Crippen LogP contribution in [0.25, 0.3) is 0 Å². The predicted octanol–water partition coefficient (Wildman–Crippen LogP) is 4.53. The maximum absolute atomic E-state index is 12.6. The van der Waals surface area contributed by atoms with Crippen LogP contribution in [0.3, 0.4) is 0 Å². The smallest absolute Gasteiger partial charge is 0.356 e. The van der Waals surface area contributed by atoms with Crippen LogP contribution in [0, 0.1) is 0 Å². The number of alkyl halides is 3. The minimum Gasteiger partial charge on any atom is -0.356 e. The van der Waals surface area contributed by atoms with Gasteiger partial charge in [0.1, 0.15) is 5.82 Å². The number of hydrogen-bond acceptors (Lipinski definition) is 4. The molecule has 0 aliphatic carbocycles. The van der Waals surface area contributed by atoms with Crippen molar-refractivity contribution >= 4 is 23.2 Å². The summed E-state index contributed by atoms with van der Waals surface area (Å²) in [6.07, 6.45) is -2.08. The topological polar surface area (TPSA) is 48.5 Å². The zero-order chi connectivity index (χ0) is 20.3. The van der Waals surface area contributed by atoms with Crippen LogP contribution in [0.2, 0.25) is 0 Å². The molecule has 2 amide bonds. The molecule has 3 heterocycles. The highest BCUT2D eigenvalue weighted by atomic mass is 32.1. The number of nitrogens with zero attached hydrogens (tertiary/aromatic N) is 3. The Morgan fingerprint density at radius 3 is 2.57 bits per heavy atom. The van der Waals surface area contributed by atoms with Gasteiger partial charge in [-0.15, -0.1) is 11.3 Å². The van der Waals surface area contributed by atoms with E-state index in [2.05, 4.69) is 10.3 Å². The number of rotatable bonds is 4. The fraction of sp³-hybridized carbons (Fsp3) is 0.474. The molecule has 2 aromatic heterocycles. The lowest BCUT2D eigenvalue weighted by Gasteiger charge is -2.34. The van der Waals surface area contributed by atoms with Crippen molar-refractivity contribution in [2.45, 2.75) is 38.0 Å². The summed E-state index contributed by atoms with van der Waals surface area (Å²) >= 11 is 1.62. The Morgan fingerprint density at radius 2 is 2.04 bits per heavy atom. The Labute approximate surface area is 166 Å². The van der Waals surface area contributed by atoms with Crippen LogP contribution in [0.1, 0.15) is 36.2 Å². The minimum atomic E-state index is -4.38. The molecule has 9 heteroatoms. The summed E-state index contributed by atoms with van der Waals surface area (Å²) < 4.78 is 37.9. The van der Waals surface area contributed by atoms with Crippen LogP contribution < -0.4 is 10.2 Å². The molecule has 152 valence electrons. The lowest BCUT2D eigenvalue weighted by atomic mass is 10.1. The monoisotopic (exact) mass is 412 g/mol. The van der Waals surface area contributed by atoms with Gasteiger partial charge in [0, 0.05) is 37.3 Å². The zero-order valence-corrected chi connectivity index (χ0v) is 16.6. The second-order valence-corrected chi connectivity index (χ2v) is 7.90. The van der Waals surface area contributed by atoms with E-state index in [-0.39, 0.29) is 18.1 Å². The summed E-state index contributed by atoms with van der Waals surface area (Å²) in [5.41, 5.74) is -0.749. The molecule has 0 spiro atoms. The Hall–Kier alpha value is -2.29. The van der Waals surface area contributed by atoms with Crippen molar-refractivity contribution in [1.29, 1.82) is 0 Å². The number of nitrogens with one attached hydrogen (secondary N) is 1. The van der Waals surface area contributed by atoms with Crippen molar-refractivity contribution in [2.24, 2.45) is 0 Å². The number of pyridine rings is 1. The van der Waals surface area contributed by atoms with Crippen molar-refractivity contribution in [1.82, 2.24) is 15.2 Å². The maximum atomic E-state index is 12.6. The van der Waals surface area contributed by atoms with E-state index < -0.39 is 11.7 Å². The van der Waals surface area contributed by atoms with Gasteiger partial charge in [0.2, 0.25) is 0 Å². The molecule has 1 fully saturated rings. The molecule has 1 atom stereocenters. The summed E-state index contributed by atoms with van der Waals surface area (Å²) in [6, 6.07) is 6.34. The van der Waals surface area contributed by atoms with Crippen LogP contribution in [-0.4, -0.2) is 42.1 Å². The van der Waals surface area contributed by atoms with Gasteiger partial charge in [-0.05, 0) is 43.3 Å². The lowest BCUT2D eigenvalue weighted by molar-refractivity contribution is -0.137. The van der Waals surface area contributed by atoms with Gasteiger partial charge in [-0.1, -0.05) is 6.07 Å². The van der Waals surface area contributed by atoms with Gasteiger partial charge in [-0.2, -0.15) is 13.2 Å². The second kappa shape index (κ2) is 8.38. The molecular formula is C19H23F3N4OS. The summed E-state index contributed by atoms with van der Waals surface area (Å²) in [5.74, 6) is 0.529. The molecule has 28 heavy (non-hydrogen) atoms. The first-order chi connectivity index (χ1) is 13.3. The predicted molar refractivity (Wildman–Crippen MR) is 104 cm³/mol. The average Bonchev–Trinajstić information content (AvgIpc) is 3.21. The molecule has 1 aliphatic rings. The molecule has 0 bridgehead atoms. The summed E-state index contributed by atoms with van der Waals surface area (Å²) in [6.45, 7) is 3.26. The Kier molecular flexibility index (Phi) is 6.12. The molecule has 1 saturated heterocycles. The highest BCUT2D eigenvalue weighted by Gasteiger charge is 2.31. The van der Waals surface area contributed by atoms with Gasteiger partial charge >= 0.3 is 12.2 Å². The van der Waals surface area contributed by atoms with Crippen molar-refractivity contribution in [2.75, 3.05) is 25.0 Å². The molecular weight excluding hydrogens is 389 g/mol. The van der Waals surface area contributed by atoms with Crippen molar-refractivity contribution in [3.8, 4) is 0 Å². The molecule has 3 rings (SSSR count). The largest absolute Gasteiger partial charge is 0.417 e. The van der Waals surface area contributed by atoms with Crippen LogP contribution in [0.15, 0.2) is 35.8 Å². The van der Waals surface area contributed by atoms with E-state index in [4.69, 9.17) is 0 Å². The Morgan fingerprint density at radius 1 is 1.32 bits per heavy atom. The molecule has 1 unspecified atom stereocenters. The Balaban J connectivity index is 1.50. The molecule has 0 saturated carbocycles. The van der Waals surface area contributed by atoms with Gasteiger partial charge in [0.05, 0.1) is 11.6 Å². The average molecular weight is 412 g/mol. The SMILES string of the molecule is CC(c1cccs1)N(C)C(=O)NC1CCN(c2ccc(C(F)(F)F)cn2)CC1. The van der Waals surface area contributed by atoms with Crippen LogP contribution in [0.5, 0.6) is 0 Å². The summed E-state index contributed by atoms with van der Waals surface area (Å²) in [7, 11) is 1.78. The number of halogens is 3. The van der Waals surface area contributed by atoms with E-state index in [0.29, 0.717) is 18.9 Å². The third-order valence-corrected chi connectivity index (χ3v) is 6.12. The minimum absolute atomic E-state index is 0.00330. The van der Waals surface area contributed by atoms with E-state index in [1.54, 1.807) is 23.3 Å². The molecule has 0 aromatic carbocycles. The third-order valence-electron chi connectivity index (χ3n) is 5.08. The normalized spacial score (nSPS) is 16.7. The maximum Gasteiger partial charge on any atom is 0.417 e.